The molecule has 3 rings (SSSR count). The third-order valence-corrected chi connectivity index (χ3v) is 10.9. The molecule has 2 fully saturated rings. The molecule has 0 aromatic rings. The van der Waals surface area contributed by atoms with E-state index in [-0.39, 0.29) is 22.7 Å². The first-order valence-corrected chi connectivity index (χ1v) is 12.8. The Morgan fingerprint density at radius 2 is 1.84 bits per heavy atom. The molecule has 0 bridgehead atoms. The van der Waals surface area contributed by atoms with Gasteiger partial charge in [0.2, 0.25) is 0 Å². The first-order valence-electron chi connectivity index (χ1n) is 12.8. The van der Waals surface area contributed by atoms with Crippen LogP contribution in [0.2, 0.25) is 0 Å². The standard InChI is InChI=1S/C29H48O2/c1-10-20(4)25-22-11-12-23-27(7,15-14-24(30)31)21(19(2)3)13-16-29(23,9)28(22,8)18-17-26(25,5)6/h11,20-21,23,25H,2,10,12-18H2,1,3-9H3,(H,30,31)/t20-,21-,23+,25-,27-,28+,29+/m0/s1. The highest BCUT2D eigenvalue weighted by molar-refractivity contribution is 5.66. The Bertz CT molecular complexity index is 761. The lowest BCUT2D eigenvalue weighted by Crippen LogP contribution is -2.60. The first kappa shape index (κ1) is 24.6. The van der Waals surface area contributed by atoms with Crippen LogP contribution in [-0.4, -0.2) is 11.1 Å². The molecule has 2 saturated carbocycles. The number of carbonyl (C=O) groups is 1. The van der Waals surface area contributed by atoms with Gasteiger partial charge in [-0.3, -0.25) is 4.79 Å². The maximum atomic E-state index is 11.6. The second-order valence-electron chi connectivity index (χ2n) is 12.9. The number of allylic oxidation sites excluding steroid dienone is 3. The number of hydrogen-bond donors (Lipinski definition) is 1. The summed E-state index contributed by atoms with van der Waals surface area (Å²) in [5.41, 5.74) is 3.78. The molecule has 1 N–H and O–H groups in total. The summed E-state index contributed by atoms with van der Waals surface area (Å²) in [7, 11) is 0. The Kier molecular flexibility index (Phi) is 6.40. The fraction of sp³-hybridized carbons (Fsp3) is 0.828. The molecule has 0 amide bonds. The largest absolute Gasteiger partial charge is 0.481 e. The predicted octanol–water partition coefficient (Wildman–Crippen LogP) is 8.28. The van der Waals surface area contributed by atoms with Gasteiger partial charge >= 0.3 is 5.97 Å². The summed E-state index contributed by atoms with van der Waals surface area (Å²) in [4.78, 5) is 11.6. The number of aliphatic carboxylic acids is 1. The molecule has 0 aromatic carbocycles. The molecule has 0 aliphatic heterocycles. The van der Waals surface area contributed by atoms with Crippen molar-refractivity contribution in [1.29, 1.82) is 0 Å². The van der Waals surface area contributed by atoms with E-state index in [2.05, 4.69) is 68.0 Å². The van der Waals surface area contributed by atoms with E-state index in [1.54, 1.807) is 5.57 Å². The van der Waals surface area contributed by atoms with Crippen LogP contribution in [0.25, 0.3) is 0 Å². The van der Waals surface area contributed by atoms with Crippen LogP contribution in [-0.2, 0) is 4.79 Å². The highest BCUT2D eigenvalue weighted by atomic mass is 16.4. The number of fused-ring (bicyclic) bond motifs is 3. The number of hydrogen-bond acceptors (Lipinski definition) is 1. The van der Waals surface area contributed by atoms with E-state index in [1.807, 2.05) is 0 Å². The minimum absolute atomic E-state index is 0.00109. The third kappa shape index (κ3) is 3.65. The molecule has 31 heavy (non-hydrogen) atoms. The van der Waals surface area contributed by atoms with Gasteiger partial charge in [-0.25, -0.2) is 0 Å². The topological polar surface area (TPSA) is 37.3 Å². The van der Waals surface area contributed by atoms with Gasteiger partial charge in [0.05, 0.1) is 0 Å². The molecule has 176 valence electrons. The minimum Gasteiger partial charge on any atom is -0.481 e. The van der Waals surface area contributed by atoms with Gasteiger partial charge in [-0.1, -0.05) is 78.7 Å². The zero-order valence-corrected chi connectivity index (χ0v) is 21.6. The van der Waals surface area contributed by atoms with E-state index in [1.165, 1.54) is 31.3 Å². The molecule has 7 atom stereocenters. The van der Waals surface area contributed by atoms with Crippen LogP contribution in [0.4, 0.5) is 0 Å². The minimum atomic E-state index is -0.663. The molecule has 0 saturated heterocycles. The fourth-order valence-corrected chi connectivity index (χ4v) is 8.80. The van der Waals surface area contributed by atoms with Gasteiger partial charge in [-0.2, -0.15) is 0 Å². The van der Waals surface area contributed by atoms with Gasteiger partial charge in [-0.15, -0.1) is 0 Å². The smallest absolute Gasteiger partial charge is 0.303 e. The predicted molar refractivity (Wildman–Crippen MR) is 131 cm³/mol. The fourth-order valence-electron chi connectivity index (χ4n) is 8.80. The van der Waals surface area contributed by atoms with E-state index < -0.39 is 5.97 Å². The summed E-state index contributed by atoms with van der Waals surface area (Å²) in [6.07, 6.45) is 10.9. The van der Waals surface area contributed by atoms with Gasteiger partial charge in [0.25, 0.3) is 0 Å². The SMILES string of the molecule is C=C(C)[C@@H]1CC[C@]2(C)[C@H](CC=C3[C@H]([C@@H](C)CC)C(C)(C)CC[C@]32C)[C@@]1(C)CCC(=O)O. The van der Waals surface area contributed by atoms with Crippen molar-refractivity contribution in [2.24, 2.45) is 45.3 Å². The van der Waals surface area contributed by atoms with Crippen LogP contribution in [0.5, 0.6) is 0 Å². The summed E-state index contributed by atoms with van der Waals surface area (Å²) < 4.78 is 0. The number of rotatable bonds is 6. The number of carboxylic acid groups (broad SMARTS) is 1. The van der Waals surface area contributed by atoms with Crippen molar-refractivity contribution in [3.8, 4) is 0 Å². The first-order chi connectivity index (χ1) is 14.2. The van der Waals surface area contributed by atoms with Crippen LogP contribution in [0.15, 0.2) is 23.8 Å². The van der Waals surface area contributed by atoms with Gasteiger partial charge in [0.1, 0.15) is 0 Å². The van der Waals surface area contributed by atoms with Crippen molar-refractivity contribution in [3.63, 3.8) is 0 Å². The Morgan fingerprint density at radius 3 is 2.39 bits per heavy atom. The Balaban J connectivity index is 2.12. The second kappa shape index (κ2) is 8.07. The lowest BCUT2D eigenvalue weighted by atomic mass is 9.36. The summed E-state index contributed by atoms with van der Waals surface area (Å²) in [5.74, 6) is 1.63. The molecule has 0 radical (unpaired) electrons. The van der Waals surface area contributed by atoms with Crippen molar-refractivity contribution < 1.29 is 9.90 Å². The maximum absolute atomic E-state index is 11.6. The average molecular weight is 429 g/mol. The molecular weight excluding hydrogens is 380 g/mol. The van der Waals surface area contributed by atoms with Crippen molar-refractivity contribution in [2.75, 3.05) is 0 Å². The van der Waals surface area contributed by atoms with E-state index in [4.69, 9.17) is 0 Å². The van der Waals surface area contributed by atoms with Gasteiger partial charge in [-0.05, 0) is 90.8 Å². The molecule has 0 aromatic heterocycles. The van der Waals surface area contributed by atoms with Crippen LogP contribution in [0, 0.1) is 45.3 Å². The Morgan fingerprint density at radius 1 is 1.19 bits per heavy atom. The Labute approximate surface area is 192 Å². The zero-order valence-electron chi connectivity index (χ0n) is 21.6. The van der Waals surface area contributed by atoms with Gasteiger partial charge in [0, 0.05) is 6.42 Å². The lowest BCUT2D eigenvalue weighted by Gasteiger charge is -2.68. The summed E-state index contributed by atoms with van der Waals surface area (Å²) >= 11 is 0. The zero-order chi connectivity index (χ0) is 23.4. The highest BCUT2D eigenvalue weighted by Crippen LogP contribution is 2.72. The summed E-state index contributed by atoms with van der Waals surface area (Å²) in [6, 6.07) is 0. The Hall–Kier alpha value is -1.05. The molecule has 3 aliphatic rings. The molecule has 0 heterocycles. The van der Waals surface area contributed by atoms with E-state index in [0.717, 1.165) is 19.3 Å². The van der Waals surface area contributed by atoms with Crippen molar-refractivity contribution in [3.05, 3.63) is 23.8 Å². The van der Waals surface area contributed by atoms with Crippen molar-refractivity contribution in [2.45, 2.75) is 107 Å². The van der Waals surface area contributed by atoms with Crippen molar-refractivity contribution >= 4 is 5.97 Å². The van der Waals surface area contributed by atoms with Crippen molar-refractivity contribution in [1.82, 2.24) is 0 Å². The van der Waals surface area contributed by atoms with Crippen LogP contribution in [0.1, 0.15) is 107 Å². The second-order valence-corrected chi connectivity index (χ2v) is 12.9. The molecule has 2 heteroatoms. The monoisotopic (exact) mass is 428 g/mol. The van der Waals surface area contributed by atoms with Gasteiger partial charge in [0.15, 0.2) is 0 Å². The number of carboxylic acids is 1. The molecule has 0 spiro atoms. The van der Waals surface area contributed by atoms with E-state index >= 15 is 0 Å². The van der Waals surface area contributed by atoms with Crippen LogP contribution in [0.3, 0.4) is 0 Å². The highest BCUT2D eigenvalue weighted by Gasteiger charge is 2.64. The normalized spacial score (nSPS) is 42.7. The van der Waals surface area contributed by atoms with Crippen LogP contribution >= 0.6 is 0 Å². The summed E-state index contributed by atoms with van der Waals surface area (Å²) in [6.45, 7) is 23.9. The lowest BCUT2D eigenvalue weighted by molar-refractivity contribution is -0.147. The molecule has 0 unspecified atom stereocenters. The van der Waals surface area contributed by atoms with Crippen LogP contribution < -0.4 is 0 Å². The molecular formula is C29H48O2. The maximum Gasteiger partial charge on any atom is 0.303 e. The van der Waals surface area contributed by atoms with Gasteiger partial charge < -0.3 is 5.11 Å². The third-order valence-electron chi connectivity index (χ3n) is 10.9. The van der Waals surface area contributed by atoms with E-state index in [0.29, 0.717) is 29.1 Å². The summed E-state index contributed by atoms with van der Waals surface area (Å²) in [5, 5.41) is 9.53. The average Bonchev–Trinajstić information content (AvgIpc) is 2.67. The quantitative estimate of drug-likeness (QED) is 0.432. The molecule has 3 aliphatic carbocycles. The van der Waals surface area contributed by atoms with E-state index in [9.17, 15) is 9.90 Å². The molecule has 2 nitrogen and oxygen atoms in total.